The largest absolute Gasteiger partial charge is 0.352 e. The van der Waals surface area contributed by atoms with Crippen molar-refractivity contribution in [2.24, 2.45) is 11.8 Å². The first-order valence-corrected chi connectivity index (χ1v) is 10.9. The molecule has 0 aromatic carbocycles. The van der Waals surface area contributed by atoms with Crippen molar-refractivity contribution in [3.05, 3.63) is 30.1 Å². The molecule has 8 heteroatoms. The molecule has 2 N–H and O–H groups in total. The number of aromatic nitrogens is 1. The topological polar surface area (TPSA) is 105 Å². The minimum absolute atomic E-state index is 0.0106. The molecule has 2 aliphatic rings. The molecule has 3 rings (SSSR count). The third-order valence-electron chi connectivity index (χ3n) is 5.22. The molecule has 1 aliphatic heterocycles. The van der Waals surface area contributed by atoms with Crippen molar-refractivity contribution >= 4 is 21.7 Å². The molecule has 2 fully saturated rings. The fourth-order valence-corrected chi connectivity index (χ4v) is 5.34. The van der Waals surface area contributed by atoms with Crippen LogP contribution in [0.3, 0.4) is 0 Å². The second-order valence-corrected chi connectivity index (χ2v) is 9.42. The molecular formula is C18H25N3O4S. The first-order valence-electron chi connectivity index (χ1n) is 9.11. The SMILES string of the molecule is O=C(NCc1ccccn1)C1CCC(C(=O)NC2CCS(=O)(=O)C2)CC1. The van der Waals surface area contributed by atoms with Crippen LogP contribution in [0.4, 0.5) is 0 Å². The predicted octanol–water partition coefficient (Wildman–Crippen LogP) is 0.807. The number of carbonyl (C=O) groups excluding carboxylic acids is 2. The highest BCUT2D eigenvalue weighted by Crippen LogP contribution is 2.29. The molecule has 0 radical (unpaired) electrons. The van der Waals surface area contributed by atoms with Gasteiger partial charge in [-0.2, -0.15) is 0 Å². The number of hydrogen-bond donors (Lipinski definition) is 2. The van der Waals surface area contributed by atoms with Crippen molar-refractivity contribution < 1.29 is 18.0 Å². The van der Waals surface area contributed by atoms with Gasteiger partial charge >= 0.3 is 0 Å². The van der Waals surface area contributed by atoms with Gasteiger partial charge in [0.2, 0.25) is 11.8 Å². The summed E-state index contributed by atoms with van der Waals surface area (Å²) in [6.45, 7) is 0.413. The highest BCUT2D eigenvalue weighted by atomic mass is 32.2. The highest BCUT2D eigenvalue weighted by Gasteiger charge is 2.33. The maximum Gasteiger partial charge on any atom is 0.223 e. The minimum Gasteiger partial charge on any atom is -0.352 e. The quantitative estimate of drug-likeness (QED) is 0.788. The highest BCUT2D eigenvalue weighted by molar-refractivity contribution is 7.91. The van der Waals surface area contributed by atoms with Crippen molar-refractivity contribution in [3.63, 3.8) is 0 Å². The lowest BCUT2D eigenvalue weighted by molar-refractivity contribution is -0.130. The molecule has 2 heterocycles. The van der Waals surface area contributed by atoms with Crippen LogP contribution in [0, 0.1) is 11.8 Å². The zero-order valence-electron chi connectivity index (χ0n) is 14.7. The average molecular weight is 379 g/mol. The van der Waals surface area contributed by atoms with Gasteiger partial charge in [-0.25, -0.2) is 8.42 Å². The molecule has 1 saturated carbocycles. The number of nitrogens with one attached hydrogen (secondary N) is 2. The number of hydrogen-bond acceptors (Lipinski definition) is 5. The first-order chi connectivity index (χ1) is 12.4. The van der Waals surface area contributed by atoms with Gasteiger partial charge in [-0.1, -0.05) is 6.07 Å². The summed E-state index contributed by atoms with van der Waals surface area (Å²) in [5.41, 5.74) is 0.820. The Morgan fingerprint density at radius 1 is 1.04 bits per heavy atom. The van der Waals surface area contributed by atoms with Gasteiger partial charge in [0, 0.05) is 24.1 Å². The Morgan fingerprint density at radius 2 is 1.73 bits per heavy atom. The molecule has 0 spiro atoms. The maximum absolute atomic E-state index is 12.3. The van der Waals surface area contributed by atoms with Crippen LogP contribution in [0.5, 0.6) is 0 Å². The summed E-state index contributed by atoms with van der Waals surface area (Å²) in [6.07, 6.45) is 4.87. The molecule has 0 bridgehead atoms. The Morgan fingerprint density at radius 3 is 2.31 bits per heavy atom. The van der Waals surface area contributed by atoms with E-state index in [1.807, 2.05) is 18.2 Å². The third-order valence-corrected chi connectivity index (χ3v) is 6.99. The predicted molar refractivity (Wildman–Crippen MR) is 96.7 cm³/mol. The average Bonchev–Trinajstić information content (AvgIpc) is 2.99. The van der Waals surface area contributed by atoms with E-state index >= 15 is 0 Å². The summed E-state index contributed by atoms with van der Waals surface area (Å²) in [5.74, 6) is -0.0610. The smallest absolute Gasteiger partial charge is 0.223 e. The molecule has 1 atom stereocenters. The van der Waals surface area contributed by atoms with Crippen molar-refractivity contribution in [1.29, 1.82) is 0 Å². The molecule has 2 amide bonds. The Kier molecular flexibility index (Phi) is 5.90. The summed E-state index contributed by atoms with van der Waals surface area (Å²) >= 11 is 0. The zero-order chi connectivity index (χ0) is 18.6. The Labute approximate surface area is 153 Å². The normalized spacial score (nSPS) is 27.6. The summed E-state index contributed by atoms with van der Waals surface area (Å²) in [6, 6.07) is 5.32. The van der Waals surface area contributed by atoms with Crippen LogP contribution in [0.2, 0.25) is 0 Å². The number of pyridine rings is 1. The zero-order valence-corrected chi connectivity index (χ0v) is 15.5. The van der Waals surface area contributed by atoms with E-state index in [4.69, 9.17) is 0 Å². The van der Waals surface area contributed by atoms with Gasteiger partial charge in [-0.3, -0.25) is 14.6 Å². The fraction of sp³-hybridized carbons (Fsp3) is 0.611. The van der Waals surface area contributed by atoms with Gasteiger partial charge in [0.25, 0.3) is 0 Å². The van der Waals surface area contributed by atoms with Crippen molar-refractivity contribution in [3.8, 4) is 0 Å². The number of amides is 2. The van der Waals surface area contributed by atoms with Gasteiger partial charge in [-0.05, 0) is 44.2 Å². The summed E-state index contributed by atoms with van der Waals surface area (Å²) in [4.78, 5) is 28.8. The molecule has 1 saturated heterocycles. The van der Waals surface area contributed by atoms with E-state index < -0.39 is 9.84 Å². The van der Waals surface area contributed by atoms with E-state index in [1.165, 1.54) is 0 Å². The number of sulfone groups is 1. The molecule has 1 aromatic rings. The second-order valence-electron chi connectivity index (χ2n) is 7.20. The molecule has 1 aromatic heterocycles. The van der Waals surface area contributed by atoms with Gasteiger partial charge in [0.05, 0.1) is 23.7 Å². The van der Waals surface area contributed by atoms with E-state index in [9.17, 15) is 18.0 Å². The molecule has 1 aliphatic carbocycles. The van der Waals surface area contributed by atoms with Crippen molar-refractivity contribution in [1.82, 2.24) is 15.6 Å². The van der Waals surface area contributed by atoms with Gasteiger partial charge in [0.15, 0.2) is 9.84 Å². The minimum atomic E-state index is -2.99. The van der Waals surface area contributed by atoms with Gasteiger partial charge < -0.3 is 10.6 Å². The number of nitrogens with zero attached hydrogens (tertiary/aromatic N) is 1. The maximum atomic E-state index is 12.3. The van der Waals surface area contributed by atoms with Crippen LogP contribution >= 0.6 is 0 Å². The summed E-state index contributed by atoms with van der Waals surface area (Å²) in [5, 5.41) is 5.78. The Hall–Kier alpha value is -1.96. The van der Waals surface area contributed by atoms with E-state index in [1.54, 1.807) is 6.20 Å². The number of carbonyl (C=O) groups is 2. The molecular weight excluding hydrogens is 354 g/mol. The third kappa shape index (κ3) is 5.03. The van der Waals surface area contributed by atoms with Crippen LogP contribution in [0.15, 0.2) is 24.4 Å². The standard InChI is InChI=1S/C18H25N3O4S/c22-17(20-11-15-3-1-2-9-19-15)13-4-6-14(7-5-13)18(23)21-16-8-10-26(24,25)12-16/h1-3,9,13-14,16H,4-8,10-12H2,(H,20,22)(H,21,23). The lowest BCUT2D eigenvalue weighted by Crippen LogP contribution is -2.42. The molecule has 26 heavy (non-hydrogen) atoms. The lowest BCUT2D eigenvalue weighted by Gasteiger charge is -2.27. The van der Waals surface area contributed by atoms with E-state index in [0.29, 0.717) is 38.6 Å². The van der Waals surface area contributed by atoms with E-state index in [0.717, 1.165) is 5.69 Å². The van der Waals surface area contributed by atoms with Gasteiger partial charge in [0.1, 0.15) is 0 Å². The first kappa shape index (κ1) is 18.8. The van der Waals surface area contributed by atoms with Crippen LogP contribution in [-0.2, 0) is 26.0 Å². The Bertz CT molecular complexity index is 743. The molecule has 142 valence electrons. The monoisotopic (exact) mass is 379 g/mol. The second kappa shape index (κ2) is 8.16. The van der Waals surface area contributed by atoms with Crippen LogP contribution in [0.1, 0.15) is 37.8 Å². The molecule has 1 unspecified atom stereocenters. The van der Waals surface area contributed by atoms with Crippen LogP contribution in [-0.4, -0.2) is 42.8 Å². The summed E-state index contributed by atoms with van der Waals surface area (Å²) < 4.78 is 23.0. The molecule has 7 nitrogen and oxygen atoms in total. The van der Waals surface area contributed by atoms with Gasteiger partial charge in [-0.15, -0.1) is 0 Å². The number of rotatable bonds is 5. The summed E-state index contributed by atoms with van der Waals surface area (Å²) in [7, 11) is -2.99. The van der Waals surface area contributed by atoms with Crippen molar-refractivity contribution in [2.45, 2.75) is 44.7 Å². The fourth-order valence-electron chi connectivity index (χ4n) is 3.67. The van der Waals surface area contributed by atoms with E-state index in [-0.39, 0.29) is 41.2 Å². The van der Waals surface area contributed by atoms with Crippen LogP contribution in [0.25, 0.3) is 0 Å². The Balaban J connectivity index is 1.40. The van der Waals surface area contributed by atoms with Crippen LogP contribution < -0.4 is 10.6 Å². The lowest BCUT2D eigenvalue weighted by atomic mass is 9.81. The van der Waals surface area contributed by atoms with E-state index in [2.05, 4.69) is 15.6 Å². The van der Waals surface area contributed by atoms with Crippen molar-refractivity contribution in [2.75, 3.05) is 11.5 Å².